The minimum absolute atomic E-state index is 0.0147. The first-order valence-corrected chi connectivity index (χ1v) is 10.8. The van der Waals surface area contributed by atoms with E-state index >= 15 is 0 Å². The van der Waals surface area contributed by atoms with Crippen LogP contribution in [0, 0.1) is 18.8 Å². The standard InChI is InChI=1S/C21H35N5O3/c1-15-12-16(2)14-25(13-15)7-6-22-19(27)5-4-18-17(3)23-21(24-20(18)28)26-8-10-29-11-9-26/h15-16H,4-14H2,1-3H3,(H,22,27)(H,23,24,28). The molecule has 0 spiro atoms. The average molecular weight is 406 g/mol. The number of nitrogens with zero attached hydrogens (tertiary/aromatic N) is 3. The minimum atomic E-state index is -0.150. The van der Waals surface area contributed by atoms with Gasteiger partial charge >= 0.3 is 0 Å². The van der Waals surface area contributed by atoms with Gasteiger partial charge in [0.2, 0.25) is 11.9 Å². The molecule has 29 heavy (non-hydrogen) atoms. The normalized spacial score (nSPS) is 23.2. The van der Waals surface area contributed by atoms with Crippen molar-refractivity contribution in [3.8, 4) is 0 Å². The molecule has 0 saturated carbocycles. The van der Waals surface area contributed by atoms with Gasteiger partial charge in [0.05, 0.1) is 13.2 Å². The van der Waals surface area contributed by atoms with Crippen LogP contribution in [0.15, 0.2) is 4.79 Å². The Bertz CT molecular complexity index is 734. The van der Waals surface area contributed by atoms with Gasteiger partial charge in [0, 0.05) is 56.9 Å². The van der Waals surface area contributed by atoms with E-state index in [-0.39, 0.29) is 11.5 Å². The lowest BCUT2D eigenvalue weighted by Crippen LogP contribution is -2.43. The zero-order chi connectivity index (χ0) is 20.8. The molecule has 2 unspecified atom stereocenters. The molecule has 0 radical (unpaired) electrons. The summed E-state index contributed by atoms with van der Waals surface area (Å²) in [6.07, 6.45) is 1.99. The van der Waals surface area contributed by atoms with Crippen molar-refractivity contribution in [2.75, 3.05) is 57.4 Å². The summed E-state index contributed by atoms with van der Waals surface area (Å²) in [5, 5.41) is 3.00. The highest BCUT2D eigenvalue weighted by Crippen LogP contribution is 2.20. The number of likely N-dealkylation sites (tertiary alicyclic amines) is 1. The predicted octanol–water partition coefficient (Wildman–Crippen LogP) is 0.942. The van der Waals surface area contributed by atoms with Gasteiger partial charge < -0.3 is 19.9 Å². The molecule has 2 aliphatic heterocycles. The summed E-state index contributed by atoms with van der Waals surface area (Å²) in [6.45, 7) is 12.9. The number of ether oxygens (including phenoxy) is 1. The third kappa shape index (κ3) is 6.27. The number of amides is 1. The van der Waals surface area contributed by atoms with Crippen LogP contribution in [0.4, 0.5) is 5.95 Å². The molecule has 0 aliphatic carbocycles. The first-order chi connectivity index (χ1) is 13.9. The number of aromatic amines is 1. The molecule has 2 aliphatic rings. The highest BCUT2D eigenvalue weighted by molar-refractivity contribution is 5.76. The molecule has 2 atom stereocenters. The van der Waals surface area contributed by atoms with Crippen LogP contribution in [0.2, 0.25) is 0 Å². The zero-order valence-corrected chi connectivity index (χ0v) is 18.0. The zero-order valence-electron chi connectivity index (χ0n) is 18.0. The summed E-state index contributed by atoms with van der Waals surface area (Å²) < 4.78 is 5.34. The smallest absolute Gasteiger partial charge is 0.255 e. The van der Waals surface area contributed by atoms with Gasteiger partial charge in [-0.25, -0.2) is 4.98 Å². The van der Waals surface area contributed by atoms with E-state index < -0.39 is 0 Å². The summed E-state index contributed by atoms with van der Waals surface area (Å²) in [4.78, 5) is 36.6. The van der Waals surface area contributed by atoms with Gasteiger partial charge in [0.15, 0.2) is 0 Å². The number of hydrogen-bond donors (Lipinski definition) is 2. The Balaban J connectivity index is 1.45. The van der Waals surface area contributed by atoms with Crippen molar-refractivity contribution in [3.05, 3.63) is 21.6 Å². The third-order valence-electron chi connectivity index (χ3n) is 5.82. The molecule has 1 amide bonds. The van der Waals surface area contributed by atoms with Gasteiger partial charge in [-0.2, -0.15) is 0 Å². The monoisotopic (exact) mass is 405 g/mol. The summed E-state index contributed by atoms with van der Waals surface area (Å²) in [6, 6.07) is 0. The predicted molar refractivity (Wildman–Crippen MR) is 113 cm³/mol. The molecule has 3 heterocycles. The second-order valence-corrected chi connectivity index (χ2v) is 8.61. The fourth-order valence-electron chi connectivity index (χ4n) is 4.47. The van der Waals surface area contributed by atoms with Crippen molar-refractivity contribution in [1.29, 1.82) is 0 Å². The first-order valence-electron chi connectivity index (χ1n) is 10.8. The van der Waals surface area contributed by atoms with Crippen LogP contribution in [0.25, 0.3) is 0 Å². The fraction of sp³-hybridized carbons (Fsp3) is 0.762. The molecule has 162 valence electrons. The number of carbonyl (C=O) groups excluding carboxylic acids is 1. The molecule has 0 aromatic carbocycles. The first kappa shape index (κ1) is 21.8. The van der Waals surface area contributed by atoms with Crippen molar-refractivity contribution in [1.82, 2.24) is 20.2 Å². The molecular formula is C21H35N5O3. The molecule has 3 rings (SSSR count). The topological polar surface area (TPSA) is 90.6 Å². The third-order valence-corrected chi connectivity index (χ3v) is 5.82. The molecule has 1 aromatic rings. The maximum Gasteiger partial charge on any atom is 0.255 e. The Morgan fingerprint density at radius 1 is 1.24 bits per heavy atom. The largest absolute Gasteiger partial charge is 0.378 e. The molecule has 2 saturated heterocycles. The number of H-pyrrole nitrogens is 1. The number of hydrogen-bond acceptors (Lipinski definition) is 6. The molecule has 2 N–H and O–H groups in total. The molecule has 1 aromatic heterocycles. The number of carbonyl (C=O) groups is 1. The van der Waals surface area contributed by atoms with Gasteiger partial charge in [-0.3, -0.25) is 14.6 Å². The van der Waals surface area contributed by atoms with Crippen molar-refractivity contribution in [2.45, 2.75) is 40.0 Å². The van der Waals surface area contributed by atoms with Crippen LogP contribution >= 0.6 is 0 Å². The maximum absolute atomic E-state index is 12.5. The van der Waals surface area contributed by atoms with E-state index in [1.807, 2.05) is 11.8 Å². The Hall–Kier alpha value is -1.93. The Morgan fingerprint density at radius 2 is 1.93 bits per heavy atom. The van der Waals surface area contributed by atoms with Gasteiger partial charge in [-0.05, 0) is 31.6 Å². The quantitative estimate of drug-likeness (QED) is 0.702. The van der Waals surface area contributed by atoms with Gasteiger partial charge in [0.1, 0.15) is 0 Å². The SMILES string of the molecule is Cc1nc(N2CCOCC2)[nH]c(=O)c1CCC(=O)NCCN1CC(C)CC(C)C1. The maximum atomic E-state index is 12.5. The number of rotatable bonds is 7. The van der Waals surface area contributed by atoms with E-state index in [0.717, 1.165) is 44.6 Å². The van der Waals surface area contributed by atoms with Crippen LogP contribution in [0.1, 0.15) is 37.9 Å². The highest BCUT2D eigenvalue weighted by atomic mass is 16.5. The number of aromatic nitrogens is 2. The molecule has 8 heteroatoms. The number of aryl methyl sites for hydroxylation is 1. The Morgan fingerprint density at radius 3 is 2.59 bits per heavy atom. The van der Waals surface area contributed by atoms with Crippen LogP contribution in [0.5, 0.6) is 0 Å². The van der Waals surface area contributed by atoms with Gasteiger partial charge in [-0.1, -0.05) is 13.8 Å². The van der Waals surface area contributed by atoms with E-state index in [0.29, 0.717) is 49.8 Å². The molecular weight excluding hydrogens is 370 g/mol. The average Bonchev–Trinajstić information content (AvgIpc) is 2.67. The van der Waals surface area contributed by atoms with Crippen LogP contribution in [-0.4, -0.2) is 73.3 Å². The van der Waals surface area contributed by atoms with Crippen LogP contribution in [0.3, 0.4) is 0 Å². The van der Waals surface area contributed by atoms with E-state index in [1.165, 1.54) is 6.42 Å². The lowest BCUT2D eigenvalue weighted by molar-refractivity contribution is -0.121. The second-order valence-electron chi connectivity index (χ2n) is 8.61. The molecule has 0 bridgehead atoms. The van der Waals surface area contributed by atoms with E-state index in [9.17, 15) is 9.59 Å². The number of anilines is 1. The lowest BCUT2D eigenvalue weighted by Gasteiger charge is -2.34. The number of piperidine rings is 1. The number of nitrogens with one attached hydrogen (secondary N) is 2. The summed E-state index contributed by atoms with van der Waals surface area (Å²) in [7, 11) is 0. The van der Waals surface area contributed by atoms with Crippen LogP contribution in [-0.2, 0) is 16.0 Å². The summed E-state index contributed by atoms with van der Waals surface area (Å²) in [5.74, 6) is 2.02. The lowest BCUT2D eigenvalue weighted by atomic mass is 9.92. The van der Waals surface area contributed by atoms with Crippen molar-refractivity contribution < 1.29 is 9.53 Å². The Labute approximate surface area is 173 Å². The fourth-order valence-corrected chi connectivity index (χ4v) is 4.47. The van der Waals surface area contributed by atoms with Crippen molar-refractivity contribution in [3.63, 3.8) is 0 Å². The number of morpholine rings is 1. The second kappa shape index (κ2) is 10.2. The summed E-state index contributed by atoms with van der Waals surface area (Å²) in [5.41, 5.74) is 1.14. The van der Waals surface area contributed by atoms with Gasteiger partial charge in [0.25, 0.3) is 5.56 Å². The van der Waals surface area contributed by atoms with Gasteiger partial charge in [-0.15, -0.1) is 0 Å². The van der Waals surface area contributed by atoms with Crippen molar-refractivity contribution in [2.24, 2.45) is 11.8 Å². The Kier molecular flexibility index (Phi) is 7.66. The van der Waals surface area contributed by atoms with Crippen molar-refractivity contribution >= 4 is 11.9 Å². The van der Waals surface area contributed by atoms with E-state index in [2.05, 4.69) is 34.0 Å². The molecule has 2 fully saturated rings. The van der Waals surface area contributed by atoms with Crippen LogP contribution < -0.4 is 15.8 Å². The molecule has 8 nitrogen and oxygen atoms in total. The van der Waals surface area contributed by atoms with E-state index in [4.69, 9.17) is 4.74 Å². The minimum Gasteiger partial charge on any atom is -0.378 e. The summed E-state index contributed by atoms with van der Waals surface area (Å²) >= 11 is 0. The van der Waals surface area contributed by atoms with E-state index in [1.54, 1.807) is 0 Å². The highest BCUT2D eigenvalue weighted by Gasteiger charge is 2.21.